The number of hydrogen-bond donors (Lipinski definition) is 2. The van der Waals surface area contributed by atoms with Crippen LogP contribution in [0.2, 0.25) is 0 Å². The molecule has 8 rings (SSSR count). The maximum atomic E-state index is 16.7. The van der Waals surface area contributed by atoms with Crippen LogP contribution in [0.5, 0.6) is 11.8 Å². The molecule has 42 heavy (non-hydrogen) atoms. The number of halogens is 2. The highest BCUT2D eigenvalue weighted by molar-refractivity contribution is 5.92. The molecular formula is C31H36F2N6O3. The number of rotatable bonds is 5. The summed E-state index contributed by atoms with van der Waals surface area (Å²) in [5.41, 5.74) is 2.13. The Morgan fingerprint density at radius 1 is 1.19 bits per heavy atom. The van der Waals surface area contributed by atoms with Crippen molar-refractivity contribution >= 4 is 16.7 Å². The number of nitrogens with zero attached hydrogens (tertiary/aromatic N) is 5. The molecule has 9 nitrogen and oxygen atoms in total. The second-order valence-electron chi connectivity index (χ2n) is 12.7. The smallest absolute Gasteiger partial charge is 0.319 e. The number of alkyl halides is 1. The number of aromatic hydroxyl groups is 1. The van der Waals surface area contributed by atoms with Gasteiger partial charge in [0.25, 0.3) is 0 Å². The zero-order chi connectivity index (χ0) is 28.6. The number of ether oxygens (including phenoxy) is 2. The molecule has 4 saturated heterocycles. The van der Waals surface area contributed by atoms with E-state index in [1.807, 2.05) is 6.92 Å². The molecule has 1 unspecified atom stereocenters. The van der Waals surface area contributed by atoms with Crippen molar-refractivity contribution in [3.63, 3.8) is 0 Å². The molecule has 2 N–H and O–H groups in total. The van der Waals surface area contributed by atoms with Crippen LogP contribution >= 0.6 is 0 Å². The molecule has 0 saturated carbocycles. The van der Waals surface area contributed by atoms with Crippen LogP contribution in [0.1, 0.15) is 56.3 Å². The first-order valence-electron chi connectivity index (χ1n) is 15.2. The molecule has 4 fully saturated rings. The third kappa shape index (κ3) is 4.31. The van der Waals surface area contributed by atoms with E-state index in [0.717, 1.165) is 56.4 Å². The normalized spacial score (nSPS) is 30.6. The van der Waals surface area contributed by atoms with Crippen LogP contribution in [0.25, 0.3) is 22.2 Å². The number of hydrogen-bond acceptors (Lipinski definition) is 9. The lowest BCUT2D eigenvalue weighted by atomic mass is 9.90. The van der Waals surface area contributed by atoms with Crippen molar-refractivity contribution in [3.05, 3.63) is 35.3 Å². The fourth-order valence-corrected chi connectivity index (χ4v) is 8.14. The largest absolute Gasteiger partial charge is 0.508 e. The number of phenolic OH excluding ortho intramolecular Hbond substituents is 1. The second-order valence-corrected chi connectivity index (χ2v) is 12.7. The molecule has 3 aromatic rings. The Balaban J connectivity index is 1.24. The molecule has 1 aromatic carbocycles. The maximum Gasteiger partial charge on any atom is 0.319 e. The quantitative estimate of drug-likeness (QED) is 0.465. The van der Waals surface area contributed by atoms with Gasteiger partial charge in [0.05, 0.1) is 23.6 Å². The summed E-state index contributed by atoms with van der Waals surface area (Å²) in [5, 5.41) is 14.7. The van der Waals surface area contributed by atoms with Gasteiger partial charge in [0.15, 0.2) is 5.82 Å². The molecule has 2 aromatic heterocycles. The highest BCUT2D eigenvalue weighted by atomic mass is 19.1. The van der Waals surface area contributed by atoms with Gasteiger partial charge in [-0.05, 0) is 68.8 Å². The predicted octanol–water partition coefficient (Wildman–Crippen LogP) is 4.07. The van der Waals surface area contributed by atoms with Gasteiger partial charge in [0.2, 0.25) is 0 Å². The van der Waals surface area contributed by atoms with Gasteiger partial charge in [0, 0.05) is 49.9 Å². The Hall–Kier alpha value is -3.15. The average Bonchev–Trinajstić information content (AvgIpc) is 3.61. The molecule has 5 atom stereocenters. The van der Waals surface area contributed by atoms with Gasteiger partial charge in [-0.1, -0.05) is 0 Å². The zero-order valence-corrected chi connectivity index (χ0v) is 23.8. The van der Waals surface area contributed by atoms with Crippen molar-refractivity contribution in [2.75, 3.05) is 44.3 Å². The van der Waals surface area contributed by atoms with Gasteiger partial charge in [-0.2, -0.15) is 9.97 Å². The summed E-state index contributed by atoms with van der Waals surface area (Å²) in [5.74, 6) is 0.0810. The minimum Gasteiger partial charge on any atom is -0.508 e. The summed E-state index contributed by atoms with van der Waals surface area (Å²) in [7, 11) is 0. The average molecular weight is 579 g/mol. The maximum absolute atomic E-state index is 16.7. The van der Waals surface area contributed by atoms with E-state index in [9.17, 15) is 9.50 Å². The van der Waals surface area contributed by atoms with Crippen LogP contribution in [0.15, 0.2) is 18.3 Å². The van der Waals surface area contributed by atoms with Gasteiger partial charge >= 0.3 is 6.01 Å². The Bertz CT molecular complexity index is 1550. The second kappa shape index (κ2) is 9.96. The third-order valence-corrected chi connectivity index (χ3v) is 10.0. The van der Waals surface area contributed by atoms with Crippen molar-refractivity contribution < 1.29 is 23.4 Å². The SMILES string of the molecule is CC1OCCc2cc(O)cc(-c3ncc4c(N5C[C@H]6CC[C@@H](C5)N6)nc(OC[C@@]56CCCN5C[C@H](F)C6)nc4c3F)c21. The molecule has 5 aliphatic heterocycles. The van der Waals surface area contributed by atoms with Gasteiger partial charge in [0.1, 0.15) is 35.6 Å². The first kappa shape index (κ1) is 26.5. The lowest BCUT2D eigenvalue weighted by molar-refractivity contribution is 0.0558. The van der Waals surface area contributed by atoms with E-state index < -0.39 is 12.0 Å². The van der Waals surface area contributed by atoms with Gasteiger partial charge in [-0.25, -0.2) is 8.78 Å². The van der Waals surface area contributed by atoms with E-state index in [2.05, 4.69) is 25.1 Å². The minimum absolute atomic E-state index is 0.0611. The fourth-order valence-electron chi connectivity index (χ4n) is 8.14. The number of fused-ring (bicyclic) bond motifs is 5. The molecule has 0 radical (unpaired) electrons. The lowest BCUT2D eigenvalue weighted by Gasteiger charge is -2.34. The fraction of sp³-hybridized carbons (Fsp3) is 0.581. The number of piperazine rings is 1. The van der Waals surface area contributed by atoms with Crippen molar-refractivity contribution in [1.29, 1.82) is 0 Å². The van der Waals surface area contributed by atoms with Crippen LogP contribution in [-0.4, -0.2) is 88.1 Å². The standard InChI is InChI=1S/C31H36F2N6O3/c1-17-25-18(5-8-41-17)9-22(40)10-23(25)27-26(33)28-24(12-34-27)29(38-14-20-3-4-21(15-38)35-20)37-30(36-28)42-16-31-6-2-7-39(31)13-19(32)11-31/h9-10,12,17,19-21,35,40H,2-8,11,13-16H2,1H3/t17?,19-,20-,21+,31+/m1/s1. The Labute approximate surface area is 243 Å². The van der Waals surface area contributed by atoms with E-state index in [4.69, 9.17) is 14.5 Å². The van der Waals surface area contributed by atoms with Crippen LogP contribution < -0.4 is 15.0 Å². The van der Waals surface area contributed by atoms with Gasteiger partial charge < -0.3 is 24.8 Å². The van der Waals surface area contributed by atoms with E-state index in [1.54, 1.807) is 18.3 Å². The minimum atomic E-state index is -0.871. The van der Waals surface area contributed by atoms with Crippen LogP contribution in [0.4, 0.5) is 14.6 Å². The molecule has 5 aliphatic rings. The number of anilines is 1. The summed E-state index contributed by atoms with van der Waals surface area (Å²) >= 11 is 0. The molecule has 0 spiro atoms. The van der Waals surface area contributed by atoms with E-state index in [0.29, 0.717) is 54.8 Å². The summed E-state index contributed by atoms with van der Waals surface area (Å²) < 4.78 is 43.2. The zero-order valence-electron chi connectivity index (χ0n) is 23.8. The number of aromatic nitrogens is 3. The van der Waals surface area contributed by atoms with Crippen LogP contribution in [0.3, 0.4) is 0 Å². The first-order valence-corrected chi connectivity index (χ1v) is 15.2. The predicted molar refractivity (Wildman–Crippen MR) is 153 cm³/mol. The number of nitrogens with one attached hydrogen (secondary N) is 1. The Kier molecular flexibility index (Phi) is 6.28. The van der Waals surface area contributed by atoms with Gasteiger partial charge in [-0.3, -0.25) is 9.88 Å². The highest BCUT2D eigenvalue weighted by Gasteiger charge is 2.49. The van der Waals surface area contributed by atoms with Crippen molar-refractivity contribution in [2.24, 2.45) is 0 Å². The third-order valence-electron chi connectivity index (χ3n) is 10.0. The molecule has 0 aliphatic carbocycles. The summed E-state index contributed by atoms with van der Waals surface area (Å²) in [6.07, 6.45) is 5.62. The van der Waals surface area contributed by atoms with Crippen molar-refractivity contribution in [3.8, 4) is 23.0 Å². The number of pyridine rings is 1. The highest BCUT2D eigenvalue weighted by Crippen LogP contribution is 2.42. The summed E-state index contributed by atoms with van der Waals surface area (Å²) in [6, 6.07) is 4.06. The topological polar surface area (TPSA) is 95.9 Å². The molecule has 11 heteroatoms. The number of benzene rings is 1. The van der Waals surface area contributed by atoms with E-state index in [1.165, 1.54) is 0 Å². The van der Waals surface area contributed by atoms with Crippen molar-refractivity contribution in [1.82, 2.24) is 25.2 Å². The molecule has 7 heterocycles. The Morgan fingerprint density at radius 3 is 2.86 bits per heavy atom. The van der Waals surface area contributed by atoms with E-state index in [-0.39, 0.29) is 41.2 Å². The first-order chi connectivity index (χ1) is 20.4. The van der Waals surface area contributed by atoms with Crippen molar-refractivity contribution in [2.45, 2.75) is 75.3 Å². The summed E-state index contributed by atoms with van der Waals surface area (Å²) in [4.78, 5) is 18.4. The monoisotopic (exact) mass is 578 g/mol. The van der Waals surface area contributed by atoms with Crippen LogP contribution in [0, 0.1) is 5.82 Å². The lowest BCUT2D eigenvalue weighted by Crippen LogP contribution is -2.51. The van der Waals surface area contributed by atoms with Crippen LogP contribution in [-0.2, 0) is 11.2 Å². The molecule has 2 bridgehead atoms. The summed E-state index contributed by atoms with van der Waals surface area (Å²) in [6.45, 7) is 5.52. The molecular weight excluding hydrogens is 542 g/mol. The molecule has 222 valence electrons. The molecule has 0 amide bonds. The number of phenols is 1. The van der Waals surface area contributed by atoms with Gasteiger partial charge in [-0.15, -0.1) is 0 Å². The Morgan fingerprint density at radius 2 is 2.02 bits per heavy atom. The van der Waals surface area contributed by atoms with E-state index >= 15 is 4.39 Å².